The summed E-state index contributed by atoms with van der Waals surface area (Å²) in [4.78, 5) is 19.7. The summed E-state index contributed by atoms with van der Waals surface area (Å²) in [6.07, 6.45) is 12.1. The zero-order chi connectivity index (χ0) is 32.0. The third-order valence-electron chi connectivity index (χ3n) is 10.5. The Hall–Kier alpha value is -3.87. The van der Waals surface area contributed by atoms with E-state index in [1.54, 1.807) is 12.1 Å². The van der Waals surface area contributed by atoms with Crippen LogP contribution in [0.3, 0.4) is 0 Å². The van der Waals surface area contributed by atoms with Crippen LogP contribution in [0.2, 0.25) is 0 Å². The minimum Gasteiger partial charge on any atom is -0.461 e. The molecule has 0 bridgehead atoms. The van der Waals surface area contributed by atoms with E-state index in [4.69, 9.17) is 26.1 Å². The van der Waals surface area contributed by atoms with E-state index in [1.807, 2.05) is 26.0 Å². The van der Waals surface area contributed by atoms with Crippen molar-refractivity contribution in [3.8, 4) is 29.6 Å². The molecule has 0 radical (unpaired) electrons. The number of terminal acetylenes is 1. The summed E-state index contributed by atoms with van der Waals surface area (Å²) in [6.45, 7) is 11.2. The SMILES string of the molecule is C#Cc1c(F)ccc2cccc(-c3nc4c5c(nc(OCC67CCCN6CCC7)nc5c3F)N3CCNCC3CCC4C)c12.CC. The maximum absolute atomic E-state index is 17.1. The number of nitrogens with zero attached hydrogens (tertiary/aromatic N) is 5. The number of benzene rings is 2. The molecule has 4 aliphatic rings. The predicted octanol–water partition coefficient (Wildman–Crippen LogP) is 6.81. The topological polar surface area (TPSA) is 66.4 Å². The van der Waals surface area contributed by atoms with Crippen LogP contribution >= 0.6 is 0 Å². The van der Waals surface area contributed by atoms with Gasteiger partial charge in [0.2, 0.25) is 0 Å². The average molecular weight is 625 g/mol. The van der Waals surface area contributed by atoms with Crippen LogP contribution in [0, 0.1) is 24.0 Å². The van der Waals surface area contributed by atoms with Crippen LogP contribution in [0.4, 0.5) is 14.6 Å². The molecular formula is C37H42F2N6O. The van der Waals surface area contributed by atoms with Gasteiger partial charge in [-0.05, 0) is 69.0 Å². The van der Waals surface area contributed by atoms with Gasteiger partial charge in [0.25, 0.3) is 0 Å². The first-order chi connectivity index (χ1) is 22.5. The van der Waals surface area contributed by atoms with Crippen molar-refractivity contribution in [2.75, 3.05) is 44.2 Å². The summed E-state index contributed by atoms with van der Waals surface area (Å²) in [6, 6.07) is 8.89. The fraction of sp³-hybridized carbons (Fsp3) is 0.486. The molecule has 240 valence electrons. The Bertz CT molecular complexity index is 1830. The average Bonchev–Trinajstić information content (AvgIpc) is 3.67. The van der Waals surface area contributed by atoms with Crippen molar-refractivity contribution in [3.05, 3.63) is 53.2 Å². The predicted molar refractivity (Wildman–Crippen MR) is 179 cm³/mol. The number of rotatable bonds is 4. The zero-order valence-electron chi connectivity index (χ0n) is 27.0. The van der Waals surface area contributed by atoms with Gasteiger partial charge in [-0.1, -0.05) is 51.0 Å². The number of pyridine rings is 1. The highest BCUT2D eigenvalue weighted by molar-refractivity contribution is 6.02. The highest BCUT2D eigenvalue weighted by Crippen LogP contribution is 2.44. The summed E-state index contributed by atoms with van der Waals surface area (Å²) in [7, 11) is 0. The van der Waals surface area contributed by atoms with Crippen molar-refractivity contribution in [3.63, 3.8) is 0 Å². The fourth-order valence-corrected chi connectivity index (χ4v) is 8.20. The maximum atomic E-state index is 17.1. The fourth-order valence-electron chi connectivity index (χ4n) is 8.20. The molecule has 2 unspecified atom stereocenters. The molecule has 0 amide bonds. The highest BCUT2D eigenvalue weighted by atomic mass is 19.1. The van der Waals surface area contributed by atoms with Crippen molar-refractivity contribution < 1.29 is 13.5 Å². The molecule has 0 spiro atoms. The first-order valence-corrected chi connectivity index (χ1v) is 16.9. The number of nitrogens with one attached hydrogen (secondary N) is 1. The molecule has 3 saturated heterocycles. The van der Waals surface area contributed by atoms with Gasteiger partial charge >= 0.3 is 6.01 Å². The number of anilines is 1. The van der Waals surface area contributed by atoms with E-state index in [1.165, 1.54) is 6.07 Å². The Morgan fingerprint density at radius 3 is 2.61 bits per heavy atom. The number of ether oxygens (including phenoxy) is 1. The Labute approximate surface area is 269 Å². The smallest absolute Gasteiger partial charge is 0.319 e. The van der Waals surface area contributed by atoms with Gasteiger partial charge in [0.05, 0.1) is 22.2 Å². The number of hydrogen-bond acceptors (Lipinski definition) is 7. The van der Waals surface area contributed by atoms with Gasteiger partial charge in [-0.15, -0.1) is 6.42 Å². The van der Waals surface area contributed by atoms with Gasteiger partial charge in [-0.2, -0.15) is 9.97 Å². The maximum Gasteiger partial charge on any atom is 0.319 e. The number of fused-ring (bicyclic) bond motifs is 4. The third-order valence-corrected chi connectivity index (χ3v) is 10.5. The molecule has 7 nitrogen and oxygen atoms in total. The molecule has 2 aromatic heterocycles. The van der Waals surface area contributed by atoms with E-state index in [2.05, 4.69) is 28.0 Å². The normalized spacial score (nSPS) is 22.0. The van der Waals surface area contributed by atoms with Crippen molar-refractivity contribution in [2.24, 2.45) is 0 Å². The van der Waals surface area contributed by atoms with E-state index >= 15 is 4.39 Å². The third kappa shape index (κ3) is 4.98. The van der Waals surface area contributed by atoms with Crippen LogP contribution < -0.4 is 15.0 Å². The minimum absolute atomic E-state index is 0.00176. The van der Waals surface area contributed by atoms with E-state index < -0.39 is 11.6 Å². The summed E-state index contributed by atoms with van der Waals surface area (Å²) in [5, 5.41) is 5.36. The lowest BCUT2D eigenvalue weighted by atomic mass is 9.90. The standard InChI is InChI=1S/C35H36F2N6O.C2H6/c1-3-24-26(36)12-10-22-7-4-8-25(27(22)24)31-29(37)32-28-30(39-31)21(2)9-11-23-19-38-15-18-43(23)33(28)41-34(40-32)44-20-35-13-5-16-42(35)17-6-14-35;1-2/h1,4,7-8,10,12,21,23,38H,5-6,9,11,13-20H2,2H3;1-2H3. The Morgan fingerprint density at radius 1 is 1.02 bits per heavy atom. The summed E-state index contributed by atoms with van der Waals surface area (Å²) in [5.74, 6) is 2.12. The lowest BCUT2D eigenvalue weighted by molar-refractivity contribution is 0.108. The van der Waals surface area contributed by atoms with E-state index in [0.717, 1.165) is 82.3 Å². The van der Waals surface area contributed by atoms with Crippen molar-refractivity contribution >= 4 is 27.5 Å². The number of aromatic nitrogens is 3. The molecule has 4 aromatic rings. The van der Waals surface area contributed by atoms with Crippen LogP contribution in [0.5, 0.6) is 6.01 Å². The van der Waals surface area contributed by atoms with Crippen molar-refractivity contribution in [2.45, 2.75) is 76.8 Å². The van der Waals surface area contributed by atoms with Crippen LogP contribution in [0.15, 0.2) is 30.3 Å². The molecule has 3 fully saturated rings. The molecule has 1 N–H and O–H groups in total. The summed E-state index contributed by atoms with van der Waals surface area (Å²) < 4.78 is 38.5. The van der Waals surface area contributed by atoms with Crippen LogP contribution in [0.25, 0.3) is 32.9 Å². The largest absolute Gasteiger partial charge is 0.461 e. The molecule has 0 aliphatic carbocycles. The number of halogens is 2. The molecule has 0 saturated carbocycles. The Kier molecular flexibility index (Phi) is 8.28. The monoisotopic (exact) mass is 624 g/mol. The molecule has 4 aliphatic heterocycles. The Balaban J connectivity index is 0.00000166. The molecule has 2 atom stereocenters. The quantitative estimate of drug-likeness (QED) is 0.250. The van der Waals surface area contributed by atoms with Crippen LogP contribution in [-0.4, -0.2) is 70.8 Å². The second-order valence-electron chi connectivity index (χ2n) is 12.9. The van der Waals surface area contributed by atoms with E-state index in [0.29, 0.717) is 28.8 Å². The molecule has 46 heavy (non-hydrogen) atoms. The first kappa shape index (κ1) is 30.8. The van der Waals surface area contributed by atoms with Gasteiger partial charge in [-0.3, -0.25) is 4.90 Å². The molecule has 6 heterocycles. The van der Waals surface area contributed by atoms with Crippen LogP contribution in [-0.2, 0) is 0 Å². The first-order valence-electron chi connectivity index (χ1n) is 16.9. The Morgan fingerprint density at radius 2 is 1.83 bits per heavy atom. The number of piperazine rings is 1. The second kappa shape index (κ2) is 12.4. The van der Waals surface area contributed by atoms with Gasteiger partial charge in [0, 0.05) is 36.6 Å². The van der Waals surface area contributed by atoms with Crippen LogP contribution in [0.1, 0.15) is 76.5 Å². The molecular weight excluding hydrogens is 582 g/mol. The number of hydrogen-bond donors (Lipinski definition) is 1. The van der Waals surface area contributed by atoms with Gasteiger partial charge in [0.15, 0.2) is 5.82 Å². The lowest BCUT2D eigenvalue weighted by Gasteiger charge is -2.40. The zero-order valence-corrected chi connectivity index (χ0v) is 27.0. The minimum atomic E-state index is -0.571. The molecule has 9 heteroatoms. The van der Waals surface area contributed by atoms with E-state index in [-0.39, 0.29) is 40.3 Å². The summed E-state index contributed by atoms with van der Waals surface area (Å²) in [5.41, 5.74) is 1.62. The van der Waals surface area contributed by atoms with Crippen molar-refractivity contribution in [1.82, 2.24) is 25.2 Å². The molecule has 2 aromatic carbocycles. The molecule has 8 rings (SSSR count). The van der Waals surface area contributed by atoms with Gasteiger partial charge in [0.1, 0.15) is 29.5 Å². The van der Waals surface area contributed by atoms with E-state index in [9.17, 15) is 4.39 Å². The van der Waals surface area contributed by atoms with Gasteiger partial charge < -0.3 is 15.0 Å². The van der Waals surface area contributed by atoms with Gasteiger partial charge in [-0.25, -0.2) is 13.8 Å². The summed E-state index contributed by atoms with van der Waals surface area (Å²) >= 11 is 0. The lowest BCUT2D eigenvalue weighted by Crippen LogP contribution is -2.52. The van der Waals surface area contributed by atoms with Crippen molar-refractivity contribution in [1.29, 1.82) is 0 Å². The second-order valence-corrected chi connectivity index (χ2v) is 12.9. The highest BCUT2D eigenvalue weighted by Gasteiger charge is 2.45.